The molecule has 0 saturated carbocycles. The van der Waals surface area contributed by atoms with E-state index in [0.29, 0.717) is 41.8 Å². The summed E-state index contributed by atoms with van der Waals surface area (Å²) >= 11 is 0. The van der Waals surface area contributed by atoms with Gasteiger partial charge in [-0.15, -0.1) is 0 Å². The molecule has 2 aromatic carbocycles. The second-order valence-corrected chi connectivity index (χ2v) is 8.19. The highest BCUT2D eigenvalue weighted by Crippen LogP contribution is 2.28. The minimum Gasteiger partial charge on any atom is -0.337 e. The lowest BCUT2D eigenvalue weighted by atomic mass is 10.1. The Morgan fingerprint density at radius 1 is 1.12 bits per heavy atom. The highest BCUT2D eigenvalue weighted by molar-refractivity contribution is 6.07. The lowest BCUT2D eigenvalue weighted by Gasteiger charge is -2.20. The van der Waals surface area contributed by atoms with Crippen molar-refractivity contribution in [2.24, 2.45) is 0 Å². The van der Waals surface area contributed by atoms with E-state index in [0.717, 1.165) is 17.0 Å². The Bertz CT molecular complexity index is 1330. The van der Waals surface area contributed by atoms with Crippen molar-refractivity contribution < 1.29 is 14.0 Å². The quantitative estimate of drug-likeness (QED) is 0.444. The molecule has 7 nitrogen and oxygen atoms in total. The van der Waals surface area contributed by atoms with Crippen LogP contribution in [0, 0.1) is 5.82 Å². The summed E-state index contributed by atoms with van der Waals surface area (Å²) in [5.74, 6) is 0.0438. The van der Waals surface area contributed by atoms with Crippen LogP contribution in [0.2, 0.25) is 0 Å². The zero-order valence-corrected chi connectivity index (χ0v) is 19.4. The predicted molar refractivity (Wildman–Crippen MR) is 129 cm³/mol. The van der Waals surface area contributed by atoms with Gasteiger partial charge >= 0.3 is 0 Å². The van der Waals surface area contributed by atoms with E-state index in [4.69, 9.17) is 4.98 Å². The number of pyridine rings is 1. The molecule has 0 aliphatic rings. The number of carbonyl (C=O) groups excluding carboxylic acids is 2. The summed E-state index contributed by atoms with van der Waals surface area (Å²) < 4.78 is 15.3. The van der Waals surface area contributed by atoms with Crippen LogP contribution in [-0.2, 0) is 24.3 Å². The van der Waals surface area contributed by atoms with E-state index in [9.17, 15) is 14.0 Å². The third-order valence-corrected chi connectivity index (χ3v) is 5.53. The number of hydrogen-bond acceptors (Lipinski definition) is 4. The maximum absolute atomic E-state index is 13.7. The number of imidazole rings is 1. The molecule has 2 heterocycles. The van der Waals surface area contributed by atoms with Gasteiger partial charge < -0.3 is 14.8 Å². The smallest absolute Gasteiger partial charge is 0.256 e. The molecule has 0 radical (unpaired) electrons. The second-order valence-electron chi connectivity index (χ2n) is 8.19. The summed E-state index contributed by atoms with van der Waals surface area (Å²) in [7, 11) is 1.70. The van der Waals surface area contributed by atoms with Crippen molar-refractivity contribution in [3.05, 3.63) is 89.3 Å². The van der Waals surface area contributed by atoms with Gasteiger partial charge in [0, 0.05) is 45.0 Å². The summed E-state index contributed by atoms with van der Waals surface area (Å²) in [6.45, 7) is 4.25. The molecule has 0 atom stereocenters. The number of hydrogen-bond donors (Lipinski definition) is 1. The fraction of sp³-hybridized carbons (Fsp3) is 0.231. The van der Waals surface area contributed by atoms with E-state index >= 15 is 0 Å². The van der Waals surface area contributed by atoms with Gasteiger partial charge in [0.25, 0.3) is 5.91 Å². The van der Waals surface area contributed by atoms with Gasteiger partial charge in [0.1, 0.15) is 11.6 Å². The first-order valence-corrected chi connectivity index (χ1v) is 11.0. The van der Waals surface area contributed by atoms with Gasteiger partial charge in [-0.05, 0) is 41.5 Å². The molecule has 1 N–H and O–H groups in total. The Hall–Kier alpha value is -4.07. The number of aryl methyl sites for hydroxylation is 1. The standard InChI is InChI=1S/C26H26FN5O2/c1-4-24-30-23-13-21(29-17(2)33)12-22(25(23)32(24)16-19-6-5-11-28-14-19)26(34)31(3)15-18-7-9-20(27)10-8-18/h5-14H,4,15-16H2,1-3H3,(H,29,33). The minimum atomic E-state index is -0.325. The van der Waals surface area contributed by atoms with Gasteiger partial charge in [0.15, 0.2) is 0 Å². The lowest BCUT2D eigenvalue weighted by molar-refractivity contribution is -0.114. The lowest BCUT2D eigenvalue weighted by Crippen LogP contribution is -2.27. The zero-order valence-electron chi connectivity index (χ0n) is 19.4. The van der Waals surface area contributed by atoms with Gasteiger partial charge in [-0.3, -0.25) is 14.6 Å². The fourth-order valence-electron chi connectivity index (χ4n) is 4.01. The maximum Gasteiger partial charge on any atom is 0.256 e. The van der Waals surface area contributed by atoms with Crippen molar-refractivity contribution in [2.45, 2.75) is 33.4 Å². The molecule has 0 unspecified atom stereocenters. The van der Waals surface area contributed by atoms with E-state index in [2.05, 4.69) is 10.3 Å². The van der Waals surface area contributed by atoms with Gasteiger partial charge in [-0.2, -0.15) is 0 Å². The molecule has 0 fully saturated rings. The van der Waals surface area contributed by atoms with Crippen molar-refractivity contribution in [3.8, 4) is 0 Å². The van der Waals surface area contributed by atoms with Crippen LogP contribution in [0.5, 0.6) is 0 Å². The van der Waals surface area contributed by atoms with Gasteiger partial charge in [-0.1, -0.05) is 25.1 Å². The molecule has 174 valence electrons. The number of rotatable bonds is 7. The van der Waals surface area contributed by atoms with E-state index in [1.807, 2.05) is 23.6 Å². The molecule has 0 spiro atoms. The van der Waals surface area contributed by atoms with Crippen LogP contribution in [0.4, 0.5) is 10.1 Å². The number of nitrogens with zero attached hydrogens (tertiary/aromatic N) is 4. The molecule has 0 aliphatic carbocycles. The van der Waals surface area contributed by atoms with Crippen molar-refractivity contribution >= 4 is 28.5 Å². The number of halogens is 1. The molecule has 0 saturated heterocycles. The number of nitrogens with one attached hydrogen (secondary N) is 1. The van der Waals surface area contributed by atoms with Crippen LogP contribution in [-0.4, -0.2) is 38.3 Å². The monoisotopic (exact) mass is 459 g/mol. The number of anilines is 1. The number of fused-ring (bicyclic) bond motifs is 1. The Kier molecular flexibility index (Phi) is 6.67. The molecular formula is C26H26FN5O2. The zero-order chi connectivity index (χ0) is 24.2. The molecule has 2 amide bonds. The van der Waals surface area contributed by atoms with Crippen LogP contribution in [0.25, 0.3) is 11.0 Å². The third kappa shape index (κ3) is 4.96. The van der Waals surface area contributed by atoms with Crippen LogP contribution >= 0.6 is 0 Å². The summed E-state index contributed by atoms with van der Waals surface area (Å²) in [4.78, 5) is 35.9. The Morgan fingerprint density at radius 2 is 1.88 bits per heavy atom. The topological polar surface area (TPSA) is 80.1 Å². The van der Waals surface area contributed by atoms with E-state index in [-0.39, 0.29) is 17.6 Å². The van der Waals surface area contributed by atoms with Crippen molar-refractivity contribution in [3.63, 3.8) is 0 Å². The van der Waals surface area contributed by atoms with Crippen LogP contribution in [0.15, 0.2) is 60.9 Å². The Labute approximate surface area is 197 Å². The number of benzene rings is 2. The highest BCUT2D eigenvalue weighted by Gasteiger charge is 2.22. The molecule has 4 aromatic rings. The van der Waals surface area contributed by atoms with E-state index in [1.165, 1.54) is 19.1 Å². The average Bonchev–Trinajstić information content (AvgIpc) is 3.17. The molecule has 0 aliphatic heterocycles. The Balaban J connectivity index is 1.81. The van der Waals surface area contributed by atoms with Gasteiger partial charge in [-0.25, -0.2) is 9.37 Å². The first-order valence-electron chi connectivity index (χ1n) is 11.0. The van der Waals surface area contributed by atoms with Gasteiger partial charge in [0.2, 0.25) is 5.91 Å². The van der Waals surface area contributed by atoms with Gasteiger partial charge in [0.05, 0.1) is 23.1 Å². The molecular weight excluding hydrogens is 433 g/mol. The normalized spacial score (nSPS) is 10.9. The molecule has 4 rings (SSSR count). The number of amides is 2. The summed E-state index contributed by atoms with van der Waals surface area (Å²) in [6.07, 6.45) is 4.18. The summed E-state index contributed by atoms with van der Waals surface area (Å²) in [5, 5.41) is 2.77. The number of carbonyl (C=O) groups is 2. The van der Waals surface area contributed by atoms with E-state index < -0.39 is 0 Å². The first kappa shape index (κ1) is 23.1. The fourth-order valence-corrected chi connectivity index (χ4v) is 4.01. The van der Waals surface area contributed by atoms with Crippen LogP contribution in [0.1, 0.15) is 41.2 Å². The molecule has 34 heavy (non-hydrogen) atoms. The SMILES string of the molecule is CCc1nc2cc(NC(C)=O)cc(C(=O)N(C)Cc3ccc(F)cc3)c2n1Cc1cccnc1. The summed E-state index contributed by atoms with van der Waals surface area (Å²) in [6, 6.07) is 13.4. The second kappa shape index (κ2) is 9.82. The molecule has 0 bridgehead atoms. The average molecular weight is 460 g/mol. The minimum absolute atomic E-state index is 0.225. The van der Waals surface area contributed by atoms with Crippen LogP contribution in [0.3, 0.4) is 0 Å². The predicted octanol–water partition coefficient (Wildman–Crippen LogP) is 4.41. The van der Waals surface area contributed by atoms with Crippen LogP contribution < -0.4 is 5.32 Å². The van der Waals surface area contributed by atoms with E-state index in [1.54, 1.807) is 48.6 Å². The van der Waals surface area contributed by atoms with Crippen molar-refractivity contribution in [1.82, 2.24) is 19.4 Å². The Morgan fingerprint density at radius 3 is 2.53 bits per heavy atom. The highest BCUT2D eigenvalue weighted by atomic mass is 19.1. The van der Waals surface area contributed by atoms with Crippen molar-refractivity contribution in [1.29, 1.82) is 0 Å². The third-order valence-electron chi connectivity index (χ3n) is 5.53. The first-order chi connectivity index (χ1) is 16.4. The molecule has 8 heteroatoms. The maximum atomic E-state index is 13.7. The summed E-state index contributed by atoms with van der Waals surface area (Å²) in [5.41, 5.74) is 4.07. The number of aromatic nitrogens is 3. The molecule has 2 aromatic heterocycles. The largest absolute Gasteiger partial charge is 0.337 e. The van der Waals surface area contributed by atoms with Crippen molar-refractivity contribution in [2.75, 3.05) is 12.4 Å².